The summed E-state index contributed by atoms with van der Waals surface area (Å²) in [6.07, 6.45) is 7.91. The minimum Gasteiger partial charge on any atom is -0.372 e. The molecular weight excluding hydrogens is 196 g/mol. The number of halogens is 1. The van der Waals surface area contributed by atoms with Crippen LogP contribution in [-0.4, -0.2) is 17.1 Å². The topological polar surface area (TPSA) is 9.23 Å². The minimum absolute atomic E-state index is 0.117. The van der Waals surface area contributed by atoms with E-state index in [4.69, 9.17) is 16.3 Å². The van der Waals surface area contributed by atoms with Crippen molar-refractivity contribution in [1.29, 1.82) is 0 Å². The summed E-state index contributed by atoms with van der Waals surface area (Å²) in [6.45, 7) is 4.37. The molecule has 82 valence electrons. The molecule has 1 saturated carbocycles. The number of alkyl halides is 1. The van der Waals surface area contributed by atoms with Gasteiger partial charge >= 0.3 is 0 Å². The molecule has 2 atom stereocenters. The lowest BCUT2D eigenvalue weighted by Crippen LogP contribution is -2.20. The first-order valence-electron chi connectivity index (χ1n) is 5.89. The summed E-state index contributed by atoms with van der Waals surface area (Å²) in [6, 6.07) is 0. The van der Waals surface area contributed by atoms with Crippen molar-refractivity contribution in [2.75, 3.05) is 0 Å². The van der Waals surface area contributed by atoms with Crippen molar-refractivity contribution in [2.24, 2.45) is 5.92 Å². The van der Waals surface area contributed by atoms with Gasteiger partial charge in [0.1, 0.15) is 0 Å². The highest BCUT2D eigenvalue weighted by atomic mass is 35.5. The zero-order valence-electron chi connectivity index (χ0n) is 9.26. The Bertz CT molecular complexity index is 198. The Labute approximate surface area is 92.2 Å². The quantitative estimate of drug-likeness (QED) is 0.651. The lowest BCUT2D eigenvalue weighted by molar-refractivity contribution is -0.0190. The van der Waals surface area contributed by atoms with E-state index in [2.05, 4.69) is 13.8 Å². The fraction of sp³-hybridized carbons (Fsp3) is 1.00. The van der Waals surface area contributed by atoms with Gasteiger partial charge in [-0.15, -0.1) is 11.6 Å². The number of hydrogen-bond donors (Lipinski definition) is 0. The van der Waals surface area contributed by atoms with Gasteiger partial charge in [-0.05, 0) is 58.3 Å². The molecule has 14 heavy (non-hydrogen) atoms. The molecule has 2 aliphatic rings. The van der Waals surface area contributed by atoms with E-state index < -0.39 is 0 Å². The zero-order valence-corrected chi connectivity index (χ0v) is 10.0. The number of ether oxygens (including phenoxy) is 1. The molecule has 0 aromatic rings. The van der Waals surface area contributed by atoms with Gasteiger partial charge in [0.25, 0.3) is 0 Å². The van der Waals surface area contributed by atoms with Gasteiger partial charge < -0.3 is 4.74 Å². The Morgan fingerprint density at radius 2 is 2.07 bits per heavy atom. The molecule has 2 unspecified atom stereocenters. The zero-order chi connectivity index (χ0) is 10.2. The predicted octanol–water partition coefficient (Wildman–Crippen LogP) is 3.74. The fourth-order valence-corrected chi connectivity index (χ4v) is 2.70. The Morgan fingerprint density at radius 1 is 1.36 bits per heavy atom. The van der Waals surface area contributed by atoms with Gasteiger partial charge in [-0.3, -0.25) is 0 Å². The summed E-state index contributed by atoms with van der Waals surface area (Å²) in [4.78, 5) is 0. The number of rotatable bonds is 4. The summed E-state index contributed by atoms with van der Waals surface area (Å²) in [5, 5.41) is 0.419. The third kappa shape index (κ3) is 2.87. The van der Waals surface area contributed by atoms with E-state index >= 15 is 0 Å². The van der Waals surface area contributed by atoms with Crippen LogP contribution in [0.5, 0.6) is 0 Å². The summed E-state index contributed by atoms with van der Waals surface area (Å²) in [7, 11) is 0. The third-order valence-electron chi connectivity index (χ3n) is 3.45. The van der Waals surface area contributed by atoms with Gasteiger partial charge in [0.2, 0.25) is 0 Å². The largest absolute Gasteiger partial charge is 0.372 e. The monoisotopic (exact) mass is 216 g/mol. The van der Waals surface area contributed by atoms with E-state index in [1.54, 1.807) is 0 Å². The van der Waals surface area contributed by atoms with Crippen LogP contribution >= 0.6 is 11.6 Å². The summed E-state index contributed by atoms with van der Waals surface area (Å²) in [5.74, 6) is 0.825. The van der Waals surface area contributed by atoms with Crippen LogP contribution in [0.1, 0.15) is 52.4 Å². The average Bonchev–Trinajstić information content (AvgIpc) is 2.88. The van der Waals surface area contributed by atoms with Crippen LogP contribution in [-0.2, 0) is 4.74 Å². The minimum atomic E-state index is 0.117. The van der Waals surface area contributed by atoms with Crippen LogP contribution in [0.2, 0.25) is 0 Å². The van der Waals surface area contributed by atoms with E-state index in [0.29, 0.717) is 11.5 Å². The molecule has 1 aliphatic heterocycles. The van der Waals surface area contributed by atoms with E-state index in [1.165, 1.54) is 25.7 Å². The molecule has 0 radical (unpaired) electrons. The van der Waals surface area contributed by atoms with Crippen LogP contribution in [0.3, 0.4) is 0 Å². The van der Waals surface area contributed by atoms with Gasteiger partial charge in [0.15, 0.2) is 0 Å². The van der Waals surface area contributed by atoms with E-state index in [9.17, 15) is 0 Å². The first kappa shape index (κ1) is 10.8. The molecule has 2 rings (SSSR count). The third-order valence-corrected chi connectivity index (χ3v) is 4.03. The standard InChI is InChI=1S/C12H21ClO/c1-12(2)8-7-10(14-12)5-6-11(13)9-3-4-9/h9-11H,3-8H2,1-2H3. The molecule has 0 N–H and O–H groups in total. The van der Waals surface area contributed by atoms with E-state index in [1.807, 2.05) is 0 Å². The maximum absolute atomic E-state index is 6.27. The number of hydrogen-bond acceptors (Lipinski definition) is 1. The van der Waals surface area contributed by atoms with Crippen molar-refractivity contribution >= 4 is 11.6 Å². The maximum atomic E-state index is 6.27. The van der Waals surface area contributed by atoms with Crippen LogP contribution in [0.4, 0.5) is 0 Å². The Kier molecular flexibility index (Phi) is 3.09. The van der Waals surface area contributed by atoms with Gasteiger partial charge in [-0.2, -0.15) is 0 Å². The normalized spacial score (nSPS) is 33.2. The summed E-state index contributed by atoms with van der Waals surface area (Å²) in [5.41, 5.74) is 0.117. The molecular formula is C12H21ClO. The van der Waals surface area contributed by atoms with Gasteiger partial charge in [-0.25, -0.2) is 0 Å². The van der Waals surface area contributed by atoms with Gasteiger partial charge in [0.05, 0.1) is 11.7 Å². The molecule has 1 nitrogen and oxygen atoms in total. The summed E-state index contributed by atoms with van der Waals surface area (Å²) >= 11 is 6.27. The van der Waals surface area contributed by atoms with E-state index in [0.717, 1.165) is 18.8 Å². The van der Waals surface area contributed by atoms with Crippen LogP contribution in [0, 0.1) is 5.92 Å². The van der Waals surface area contributed by atoms with Crippen molar-refractivity contribution in [3.05, 3.63) is 0 Å². The van der Waals surface area contributed by atoms with Crippen LogP contribution < -0.4 is 0 Å². The average molecular weight is 217 g/mol. The smallest absolute Gasteiger partial charge is 0.0631 e. The second-order valence-electron chi connectivity index (χ2n) is 5.47. The molecule has 0 spiro atoms. The maximum Gasteiger partial charge on any atom is 0.0631 e. The fourth-order valence-electron chi connectivity index (χ4n) is 2.32. The molecule has 1 saturated heterocycles. The van der Waals surface area contributed by atoms with Gasteiger partial charge in [-0.1, -0.05) is 0 Å². The molecule has 2 heteroatoms. The van der Waals surface area contributed by atoms with Crippen molar-refractivity contribution in [2.45, 2.75) is 69.5 Å². The highest BCUT2D eigenvalue weighted by Crippen LogP contribution is 2.39. The van der Waals surface area contributed by atoms with Crippen molar-refractivity contribution < 1.29 is 4.74 Å². The molecule has 0 aromatic carbocycles. The SMILES string of the molecule is CC1(C)CCC(CCC(Cl)C2CC2)O1. The van der Waals surface area contributed by atoms with Crippen LogP contribution in [0.25, 0.3) is 0 Å². The Balaban J connectivity index is 1.66. The lowest BCUT2D eigenvalue weighted by atomic mass is 10.0. The second-order valence-corrected chi connectivity index (χ2v) is 6.03. The van der Waals surface area contributed by atoms with E-state index in [-0.39, 0.29) is 5.60 Å². The van der Waals surface area contributed by atoms with Crippen LogP contribution in [0.15, 0.2) is 0 Å². The Morgan fingerprint density at radius 3 is 2.57 bits per heavy atom. The molecule has 2 fully saturated rings. The predicted molar refractivity (Wildman–Crippen MR) is 59.8 cm³/mol. The molecule has 0 aromatic heterocycles. The molecule has 0 amide bonds. The molecule has 1 heterocycles. The highest BCUT2D eigenvalue weighted by molar-refractivity contribution is 6.20. The highest BCUT2D eigenvalue weighted by Gasteiger charge is 2.34. The second kappa shape index (κ2) is 4.02. The molecule has 1 aliphatic carbocycles. The first-order chi connectivity index (χ1) is 6.57. The lowest BCUT2D eigenvalue weighted by Gasteiger charge is -2.19. The van der Waals surface area contributed by atoms with Crippen molar-refractivity contribution in [1.82, 2.24) is 0 Å². The molecule has 0 bridgehead atoms. The summed E-state index contributed by atoms with van der Waals surface area (Å²) < 4.78 is 5.94. The first-order valence-corrected chi connectivity index (χ1v) is 6.32. The van der Waals surface area contributed by atoms with Crippen molar-refractivity contribution in [3.8, 4) is 0 Å². The van der Waals surface area contributed by atoms with Crippen molar-refractivity contribution in [3.63, 3.8) is 0 Å². The Hall–Kier alpha value is 0.250. The van der Waals surface area contributed by atoms with Gasteiger partial charge in [0, 0.05) is 5.38 Å².